The number of carbonyl (C=O) groups excluding carboxylic acids is 1. The van der Waals surface area contributed by atoms with E-state index in [1.807, 2.05) is 0 Å². The zero-order valence-electron chi connectivity index (χ0n) is 17.9. The highest BCUT2D eigenvalue weighted by molar-refractivity contribution is 5.98. The number of hydrogen-bond donors (Lipinski definition) is 0. The van der Waals surface area contributed by atoms with Gasteiger partial charge in [0, 0.05) is 22.7 Å². The van der Waals surface area contributed by atoms with Crippen LogP contribution in [0.5, 0.6) is 5.75 Å². The Morgan fingerprint density at radius 1 is 1.09 bits per heavy atom. The second-order valence-electron chi connectivity index (χ2n) is 7.33. The van der Waals surface area contributed by atoms with E-state index < -0.39 is 35.9 Å². The molecule has 0 fully saturated rings. The van der Waals surface area contributed by atoms with Crippen molar-refractivity contribution in [3.8, 4) is 28.6 Å². The van der Waals surface area contributed by atoms with Crippen LogP contribution in [-0.4, -0.2) is 40.2 Å². The molecule has 0 saturated carbocycles. The first kappa shape index (κ1) is 24.1. The van der Waals surface area contributed by atoms with Gasteiger partial charge in [-0.2, -0.15) is 31.3 Å². The lowest BCUT2D eigenvalue weighted by Gasteiger charge is -2.20. The molecule has 2 aromatic carbocycles. The maximum atomic E-state index is 13.6. The van der Waals surface area contributed by atoms with E-state index in [0.29, 0.717) is 29.5 Å². The lowest BCUT2D eigenvalue weighted by Crippen LogP contribution is -2.31. The highest BCUT2D eigenvalue weighted by Crippen LogP contribution is 2.40. The summed E-state index contributed by atoms with van der Waals surface area (Å²) in [6, 6.07) is 8.91. The van der Waals surface area contributed by atoms with Gasteiger partial charge in [-0.15, -0.1) is 0 Å². The Morgan fingerprint density at radius 2 is 1.83 bits per heavy atom. The van der Waals surface area contributed by atoms with Crippen molar-refractivity contribution >= 4 is 17.0 Å². The van der Waals surface area contributed by atoms with Gasteiger partial charge < -0.3 is 14.0 Å². The number of carbonyl (C=O) groups is 1. The fourth-order valence-corrected chi connectivity index (χ4v) is 3.31. The Morgan fingerprint density at radius 3 is 2.49 bits per heavy atom. The van der Waals surface area contributed by atoms with Crippen molar-refractivity contribution in [3.63, 3.8) is 0 Å². The van der Waals surface area contributed by atoms with Gasteiger partial charge in [-0.05, 0) is 37.3 Å². The summed E-state index contributed by atoms with van der Waals surface area (Å²) in [5.74, 6) is -1.27. The Hall–Kier alpha value is -4.03. The Labute approximate surface area is 192 Å². The molecule has 1 unspecified atom stereocenters. The normalized spacial score (nSPS) is 13.1. The van der Waals surface area contributed by atoms with Gasteiger partial charge >= 0.3 is 18.4 Å². The lowest BCUT2D eigenvalue weighted by molar-refractivity contribution is -0.191. The number of hydrogen-bond acceptors (Lipinski definition) is 6. The number of rotatable bonds is 4. The number of ether oxygens (including phenoxy) is 2. The maximum Gasteiger partial charge on any atom is 0.425 e. The molecule has 0 saturated heterocycles. The minimum absolute atomic E-state index is 0.0211. The average molecular weight is 499 g/mol. The fraction of sp³-hybridized carbons (Fsp3) is 0.227. The second kappa shape index (κ2) is 8.64. The van der Waals surface area contributed by atoms with E-state index in [2.05, 4.69) is 14.9 Å². The molecular weight excluding hydrogens is 484 g/mol. The number of nitrogens with zero attached hydrogens (tertiary/aromatic N) is 3. The molecule has 0 radical (unpaired) electrons. The van der Waals surface area contributed by atoms with E-state index in [4.69, 9.17) is 9.26 Å². The van der Waals surface area contributed by atoms with E-state index in [9.17, 15) is 31.1 Å². The molecule has 0 N–H and O–H groups in total. The standard InChI is InChI=1S/C22H15F6N3O4/c1-11(21(23,24)25)34-17-7-6-12(10-15(17)22(26,27)28)19-29-18(30-35-19)14-4-3-5-16-13(14)8-9-31(16)20(32)33-2/h3-11H,1-2H3. The van der Waals surface area contributed by atoms with Crippen LogP contribution in [0.3, 0.4) is 0 Å². The van der Waals surface area contributed by atoms with Crippen LogP contribution in [0, 0.1) is 0 Å². The summed E-state index contributed by atoms with van der Waals surface area (Å²) >= 11 is 0. The molecule has 4 rings (SSSR count). The minimum atomic E-state index is -5.01. The fourth-order valence-electron chi connectivity index (χ4n) is 3.31. The third kappa shape index (κ3) is 4.66. The molecule has 0 aliphatic heterocycles. The Kier molecular flexibility index (Phi) is 5.95. The zero-order chi connectivity index (χ0) is 25.5. The smallest absolute Gasteiger partial charge is 0.425 e. The predicted octanol–water partition coefficient (Wildman–Crippen LogP) is 6.32. The number of alkyl halides is 6. The van der Waals surface area contributed by atoms with Crippen molar-refractivity contribution in [2.75, 3.05) is 7.11 Å². The zero-order valence-corrected chi connectivity index (χ0v) is 17.9. The van der Waals surface area contributed by atoms with E-state index in [-0.39, 0.29) is 17.3 Å². The lowest BCUT2D eigenvalue weighted by atomic mass is 10.1. The number of methoxy groups -OCH3 is 1. The monoisotopic (exact) mass is 499 g/mol. The van der Waals surface area contributed by atoms with Crippen LogP contribution in [0.1, 0.15) is 12.5 Å². The highest BCUT2D eigenvalue weighted by Gasteiger charge is 2.41. The van der Waals surface area contributed by atoms with Crippen molar-refractivity contribution in [2.45, 2.75) is 25.4 Å². The third-order valence-corrected chi connectivity index (χ3v) is 5.07. The van der Waals surface area contributed by atoms with Gasteiger partial charge in [0.25, 0.3) is 5.89 Å². The first-order valence-electron chi connectivity index (χ1n) is 9.87. The summed E-state index contributed by atoms with van der Waals surface area (Å²) in [6.07, 6.45) is -11.5. The van der Waals surface area contributed by atoms with Crippen LogP contribution >= 0.6 is 0 Å². The van der Waals surface area contributed by atoms with Crippen LogP contribution in [0.15, 0.2) is 53.2 Å². The number of halogens is 6. The van der Waals surface area contributed by atoms with E-state index in [0.717, 1.165) is 12.1 Å². The molecule has 35 heavy (non-hydrogen) atoms. The Bertz CT molecular complexity index is 1390. The molecule has 2 heterocycles. The summed E-state index contributed by atoms with van der Waals surface area (Å²) < 4.78 is 94.6. The molecular formula is C22H15F6N3O4. The first-order chi connectivity index (χ1) is 16.4. The summed E-state index contributed by atoms with van der Waals surface area (Å²) in [5.41, 5.74) is -0.707. The summed E-state index contributed by atoms with van der Waals surface area (Å²) in [4.78, 5) is 16.1. The van der Waals surface area contributed by atoms with E-state index in [1.165, 1.54) is 17.9 Å². The van der Waals surface area contributed by atoms with E-state index >= 15 is 0 Å². The third-order valence-electron chi connectivity index (χ3n) is 5.07. The molecule has 4 aromatic rings. The second-order valence-corrected chi connectivity index (χ2v) is 7.33. The SMILES string of the molecule is COC(=O)n1ccc2c(-c3noc(-c4ccc(OC(C)C(F)(F)F)c(C(F)(F)F)c4)n3)cccc21. The summed E-state index contributed by atoms with van der Waals surface area (Å²) in [5, 5.41) is 4.36. The maximum absolute atomic E-state index is 13.6. The molecule has 1 atom stereocenters. The average Bonchev–Trinajstić information content (AvgIpc) is 3.45. The quantitative estimate of drug-likeness (QED) is 0.306. The molecule has 0 aliphatic carbocycles. The molecule has 0 aliphatic rings. The highest BCUT2D eigenvalue weighted by atomic mass is 19.4. The largest absolute Gasteiger partial charge is 0.481 e. The summed E-state index contributed by atoms with van der Waals surface area (Å²) in [7, 11) is 1.22. The molecule has 184 valence electrons. The van der Waals surface area contributed by atoms with Gasteiger partial charge in [0.15, 0.2) is 6.10 Å². The van der Waals surface area contributed by atoms with Gasteiger partial charge in [0.2, 0.25) is 5.82 Å². The number of aromatic nitrogens is 3. The molecule has 0 amide bonds. The number of fused-ring (bicyclic) bond motifs is 1. The van der Waals surface area contributed by atoms with Crippen molar-refractivity contribution < 1.29 is 45.1 Å². The Balaban J connectivity index is 1.72. The van der Waals surface area contributed by atoms with Gasteiger partial charge in [0.1, 0.15) is 5.75 Å². The van der Waals surface area contributed by atoms with E-state index in [1.54, 1.807) is 24.3 Å². The molecule has 7 nitrogen and oxygen atoms in total. The first-order valence-corrected chi connectivity index (χ1v) is 9.87. The van der Waals surface area contributed by atoms with Crippen LogP contribution in [-0.2, 0) is 10.9 Å². The summed E-state index contributed by atoms with van der Waals surface area (Å²) in [6.45, 7) is 0.604. The van der Waals surface area contributed by atoms with Crippen LogP contribution in [0.2, 0.25) is 0 Å². The molecule has 2 aromatic heterocycles. The van der Waals surface area contributed by atoms with Crippen molar-refractivity contribution in [1.29, 1.82) is 0 Å². The van der Waals surface area contributed by atoms with Gasteiger partial charge in [-0.25, -0.2) is 4.79 Å². The topological polar surface area (TPSA) is 79.4 Å². The van der Waals surface area contributed by atoms with Gasteiger partial charge in [-0.1, -0.05) is 17.3 Å². The molecule has 13 heteroatoms. The van der Waals surface area contributed by atoms with Crippen molar-refractivity contribution in [2.24, 2.45) is 0 Å². The molecule has 0 bridgehead atoms. The van der Waals surface area contributed by atoms with Crippen LogP contribution in [0.4, 0.5) is 31.1 Å². The molecule has 0 spiro atoms. The van der Waals surface area contributed by atoms with Crippen molar-refractivity contribution in [3.05, 3.63) is 54.2 Å². The minimum Gasteiger partial charge on any atom is -0.481 e. The van der Waals surface area contributed by atoms with Gasteiger partial charge in [0.05, 0.1) is 18.2 Å². The number of benzene rings is 2. The predicted molar refractivity (Wildman–Crippen MR) is 110 cm³/mol. The van der Waals surface area contributed by atoms with Crippen molar-refractivity contribution in [1.82, 2.24) is 14.7 Å². The van der Waals surface area contributed by atoms with Gasteiger partial charge in [-0.3, -0.25) is 4.57 Å². The van der Waals surface area contributed by atoms with Crippen LogP contribution < -0.4 is 4.74 Å². The van der Waals surface area contributed by atoms with Crippen LogP contribution in [0.25, 0.3) is 33.7 Å².